The molecule has 3 aromatic carbocycles. The Morgan fingerprint density at radius 1 is 0.875 bits per heavy atom. The van der Waals surface area contributed by atoms with Crippen LogP contribution in [0.1, 0.15) is 27.1 Å². The molecule has 0 bridgehead atoms. The number of ketones is 1. The molecule has 0 saturated carbocycles. The van der Waals surface area contributed by atoms with E-state index in [1.165, 1.54) is 36.3 Å². The van der Waals surface area contributed by atoms with Crippen LogP contribution >= 0.6 is 11.6 Å². The molecule has 2 aliphatic heterocycles. The minimum absolute atomic E-state index is 0.103. The topological polar surface area (TPSA) is 96.5 Å². The van der Waals surface area contributed by atoms with Crippen molar-refractivity contribution in [2.24, 2.45) is 0 Å². The maximum atomic E-state index is 13.3. The second-order valence-corrected chi connectivity index (χ2v) is 10.0. The number of halogens is 1. The van der Waals surface area contributed by atoms with Gasteiger partial charge in [0.2, 0.25) is 5.91 Å². The lowest BCUT2D eigenvalue weighted by molar-refractivity contribution is -0.123. The molecule has 5 rings (SSSR count). The summed E-state index contributed by atoms with van der Waals surface area (Å²) >= 11 is 6.13. The highest BCUT2D eigenvalue weighted by Gasteiger charge is 2.43. The molecule has 40 heavy (non-hydrogen) atoms. The zero-order valence-electron chi connectivity index (χ0n) is 21.9. The number of carbonyl (C=O) groups is 4. The summed E-state index contributed by atoms with van der Waals surface area (Å²) in [5.41, 5.74) is 1.99. The van der Waals surface area contributed by atoms with E-state index in [1.54, 1.807) is 24.3 Å². The van der Waals surface area contributed by atoms with Crippen LogP contribution in [-0.4, -0.2) is 74.4 Å². The fourth-order valence-electron chi connectivity index (χ4n) is 4.98. The van der Waals surface area contributed by atoms with Gasteiger partial charge in [-0.25, -0.2) is 9.69 Å². The summed E-state index contributed by atoms with van der Waals surface area (Å²) in [6, 6.07) is 19.7. The van der Waals surface area contributed by atoms with Crippen molar-refractivity contribution >= 4 is 46.5 Å². The third-order valence-electron chi connectivity index (χ3n) is 7.14. The summed E-state index contributed by atoms with van der Waals surface area (Å²) in [5.74, 6) is -1.08. The largest absolute Gasteiger partial charge is 0.497 e. The summed E-state index contributed by atoms with van der Waals surface area (Å²) in [7, 11) is 1.50. The number of rotatable bonds is 8. The number of ether oxygens (including phenoxy) is 2. The Morgan fingerprint density at radius 2 is 1.60 bits per heavy atom. The Labute approximate surface area is 236 Å². The maximum absolute atomic E-state index is 13.3. The Bertz CT molecular complexity index is 1440. The summed E-state index contributed by atoms with van der Waals surface area (Å²) in [6.45, 7) is 2.29. The van der Waals surface area contributed by atoms with Gasteiger partial charge in [0.1, 0.15) is 5.75 Å². The molecule has 9 nitrogen and oxygen atoms in total. The van der Waals surface area contributed by atoms with Crippen molar-refractivity contribution in [3.05, 3.63) is 88.9 Å². The molecular formula is C30H28ClN3O6. The molecule has 2 aliphatic rings. The molecule has 1 unspecified atom stereocenters. The minimum Gasteiger partial charge on any atom is -0.497 e. The average Bonchev–Trinajstić information content (AvgIpc) is 3.29. The number of esters is 1. The first-order chi connectivity index (χ1) is 19.3. The van der Waals surface area contributed by atoms with Crippen molar-refractivity contribution in [2.75, 3.05) is 49.7 Å². The van der Waals surface area contributed by atoms with Crippen LogP contribution in [0.5, 0.6) is 5.75 Å². The van der Waals surface area contributed by atoms with Crippen LogP contribution in [0.4, 0.5) is 11.4 Å². The van der Waals surface area contributed by atoms with Gasteiger partial charge in [-0.1, -0.05) is 29.8 Å². The minimum atomic E-state index is -0.683. The molecule has 0 spiro atoms. The van der Waals surface area contributed by atoms with Gasteiger partial charge in [-0.3, -0.25) is 19.3 Å². The van der Waals surface area contributed by atoms with Gasteiger partial charge in [-0.15, -0.1) is 0 Å². The van der Waals surface area contributed by atoms with Gasteiger partial charge in [0, 0.05) is 42.5 Å². The van der Waals surface area contributed by atoms with Crippen LogP contribution in [0.3, 0.4) is 0 Å². The molecule has 1 atom stereocenters. The molecule has 0 N–H and O–H groups in total. The SMILES string of the molecule is COc1cccc(C(=O)COC(=O)c2ccc(N3C(=O)CC(N4CCN(c5cccc(Cl)c5)CC4)C3=O)cc2)c1. The summed E-state index contributed by atoms with van der Waals surface area (Å²) < 4.78 is 10.3. The van der Waals surface area contributed by atoms with Crippen molar-refractivity contribution in [1.29, 1.82) is 0 Å². The lowest BCUT2D eigenvalue weighted by Crippen LogP contribution is -2.52. The van der Waals surface area contributed by atoms with Gasteiger partial charge in [-0.05, 0) is 54.6 Å². The second-order valence-electron chi connectivity index (χ2n) is 9.57. The number of methoxy groups -OCH3 is 1. The number of imide groups is 1. The third-order valence-corrected chi connectivity index (χ3v) is 7.37. The van der Waals surface area contributed by atoms with Crippen LogP contribution in [0.15, 0.2) is 72.8 Å². The van der Waals surface area contributed by atoms with Gasteiger partial charge in [0.05, 0.1) is 30.8 Å². The van der Waals surface area contributed by atoms with Crippen molar-refractivity contribution in [3.8, 4) is 5.75 Å². The molecular weight excluding hydrogens is 534 g/mol. The van der Waals surface area contributed by atoms with Crippen LogP contribution in [0.2, 0.25) is 5.02 Å². The lowest BCUT2D eigenvalue weighted by atomic mass is 10.1. The molecule has 2 fully saturated rings. The first-order valence-electron chi connectivity index (χ1n) is 12.9. The molecule has 10 heteroatoms. The van der Waals surface area contributed by atoms with E-state index < -0.39 is 18.6 Å². The predicted octanol–water partition coefficient (Wildman–Crippen LogP) is 3.84. The smallest absolute Gasteiger partial charge is 0.338 e. The maximum Gasteiger partial charge on any atom is 0.338 e. The number of hydrogen-bond donors (Lipinski definition) is 0. The van der Waals surface area contributed by atoms with Crippen LogP contribution < -0.4 is 14.5 Å². The standard InChI is InChI=1S/C30H28ClN3O6/c1-39-25-7-2-4-21(16-25)27(35)19-40-30(38)20-8-10-23(11-9-20)34-28(36)18-26(29(34)37)33-14-12-32(13-15-33)24-6-3-5-22(31)17-24/h2-11,16-17,26H,12-15,18-19H2,1H3. The number of carbonyl (C=O) groups excluding carboxylic acids is 4. The Kier molecular flexibility index (Phi) is 8.14. The summed E-state index contributed by atoms with van der Waals surface area (Å²) in [4.78, 5) is 56.5. The molecule has 2 heterocycles. The number of amides is 2. The average molecular weight is 562 g/mol. The zero-order valence-corrected chi connectivity index (χ0v) is 22.7. The monoisotopic (exact) mass is 561 g/mol. The van der Waals surface area contributed by atoms with Gasteiger partial charge >= 0.3 is 5.97 Å². The van der Waals surface area contributed by atoms with Crippen LogP contribution in [0, 0.1) is 0 Å². The van der Waals surface area contributed by atoms with E-state index in [4.69, 9.17) is 21.1 Å². The van der Waals surface area contributed by atoms with Crippen molar-refractivity contribution < 1.29 is 28.7 Å². The number of anilines is 2. The molecule has 0 aromatic heterocycles. The van der Waals surface area contributed by atoms with E-state index in [0.717, 1.165) is 18.8 Å². The van der Waals surface area contributed by atoms with E-state index >= 15 is 0 Å². The van der Waals surface area contributed by atoms with Crippen LogP contribution in [-0.2, 0) is 14.3 Å². The first-order valence-corrected chi connectivity index (χ1v) is 13.3. The van der Waals surface area contributed by atoms with Crippen molar-refractivity contribution in [2.45, 2.75) is 12.5 Å². The third kappa shape index (κ3) is 5.85. The highest BCUT2D eigenvalue weighted by atomic mass is 35.5. The molecule has 2 amide bonds. The van der Waals surface area contributed by atoms with Gasteiger partial charge < -0.3 is 14.4 Å². The molecule has 0 radical (unpaired) electrons. The second kappa shape index (κ2) is 11.9. The first kappa shape index (κ1) is 27.4. The van der Waals surface area contributed by atoms with Gasteiger partial charge in [0.15, 0.2) is 12.4 Å². The Morgan fingerprint density at radius 3 is 2.30 bits per heavy atom. The zero-order chi connectivity index (χ0) is 28.2. The van der Waals surface area contributed by atoms with Crippen LogP contribution in [0.25, 0.3) is 0 Å². The fraction of sp³-hybridized carbons (Fsp3) is 0.267. The Balaban J connectivity index is 1.17. The highest BCUT2D eigenvalue weighted by molar-refractivity contribution is 6.30. The van der Waals surface area contributed by atoms with E-state index in [2.05, 4.69) is 4.90 Å². The van der Waals surface area contributed by atoms with Gasteiger partial charge in [0.25, 0.3) is 5.91 Å². The van der Waals surface area contributed by atoms with E-state index in [9.17, 15) is 19.2 Å². The molecule has 3 aromatic rings. The van der Waals surface area contributed by atoms with E-state index in [1.807, 2.05) is 29.2 Å². The number of Topliss-reactive ketones (excluding diaryl/α,β-unsaturated/α-hetero) is 1. The highest BCUT2D eigenvalue weighted by Crippen LogP contribution is 2.28. The predicted molar refractivity (Wildman–Crippen MR) is 150 cm³/mol. The van der Waals surface area contributed by atoms with Gasteiger partial charge in [-0.2, -0.15) is 0 Å². The number of benzene rings is 3. The summed E-state index contributed by atoms with van der Waals surface area (Å²) in [6.07, 6.45) is 0.103. The Hall–Kier alpha value is -4.21. The van der Waals surface area contributed by atoms with Crippen molar-refractivity contribution in [3.63, 3.8) is 0 Å². The number of hydrogen-bond acceptors (Lipinski definition) is 8. The molecule has 0 aliphatic carbocycles. The fourth-order valence-corrected chi connectivity index (χ4v) is 5.16. The quantitative estimate of drug-likeness (QED) is 0.232. The van der Waals surface area contributed by atoms with Crippen molar-refractivity contribution in [1.82, 2.24) is 4.90 Å². The van der Waals surface area contributed by atoms with E-state index in [-0.39, 0.29) is 29.6 Å². The normalized spacial score (nSPS) is 17.7. The number of piperazine rings is 1. The molecule has 2 saturated heterocycles. The summed E-state index contributed by atoms with van der Waals surface area (Å²) in [5, 5.41) is 0.674. The number of nitrogens with zero attached hydrogens (tertiary/aromatic N) is 3. The lowest BCUT2D eigenvalue weighted by Gasteiger charge is -2.38. The molecule has 206 valence electrons. The van der Waals surface area contributed by atoms with E-state index in [0.29, 0.717) is 35.1 Å².